The molecule has 0 amide bonds. The van der Waals surface area contributed by atoms with E-state index in [1.54, 1.807) is 11.8 Å². The van der Waals surface area contributed by atoms with E-state index in [0.29, 0.717) is 0 Å². The topological polar surface area (TPSA) is 56.5 Å². The lowest BCUT2D eigenvalue weighted by Gasteiger charge is -2.08. The van der Waals surface area contributed by atoms with E-state index in [1.165, 1.54) is 16.7 Å². The van der Waals surface area contributed by atoms with Crippen LogP contribution in [0.25, 0.3) is 5.69 Å². The third-order valence-corrected chi connectivity index (χ3v) is 4.31. The molecular formula is C16H17N5S. The molecule has 0 radical (unpaired) electrons. The summed E-state index contributed by atoms with van der Waals surface area (Å²) in [5.74, 6) is 0.926. The van der Waals surface area contributed by atoms with Crippen LogP contribution in [0.1, 0.15) is 16.7 Å². The molecule has 0 spiro atoms. The quantitative estimate of drug-likeness (QED) is 0.678. The van der Waals surface area contributed by atoms with Crippen LogP contribution in [0.4, 0.5) is 0 Å². The zero-order valence-electron chi connectivity index (χ0n) is 12.6. The van der Waals surface area contributed by atoms with Crippen LogP contribution in [0.5, 0.6) is 0 Å². The number of benzene rings is 1. The second kappa shape index (κ2) is 6.70. The first-order valence-corrected chi connectivity index (χ1v) is 8.10. The highest BCUT2D eigenvalue weighted by atomic mass is 32.2. The lowest BCUT2D eigenvalue weighted by molar-refractivity contribution is 0.751. The minimum Gasteiger partial charge on any atom is -0.265 e. The molecule has 6 heteroatoms. The number of pyridine rings is 1. The molecule has 112 valence electrons. The summed E-state index contributed by atoms with van der Waals surface area (Å²) in [5, 5.41) is 12.9. The Morgan fingerprint density at radius 2 is 1.91 bits per heavy atom. The smallest absolute Gasteiger partial charge is 0.214 e. The number of tetrazole rings is 1. The monoisotopic (exact) mass is 311 g/mol. The van der Waals surface area contributed by atoms with Crippen molar-refractivity contribution in [3.05, 3.63) is 59.4 Å². The molecule has 5 nitrogen and oxygen atoms in total. The standard InChI is InChI=1S/C16H17N5S/c1-12-3-4-15(13(2)11-12)21-16(18-19-20-21)22-10-7-14-5-8-17-9-6-14/h3-6,8-9,11H,7,10H2,1-2H3. The predicted molar refractivity (Wildman–Crippen MR) is 87.3 cm³/mol. The van der Waals surface area contributed by atoms with E-state index in [4.69, 9.17) is 0 Å². The summed E-state index contributed by atoms with van der Waals surface area (Å²) in [6, 6.07) is 10.4. The maximum absolute atomic E-state index is 4.14. The van der Waals surface area contributed by atoms with Gasteiger partial charge in [-0.25, -0.2) is 0 Å². The Morgan fingerprint density at radius 1 is 1.09 bits per heavy atom. The van der Waals surface area contributed by atoms with Gasteiger partial charge in [0.05, 0.1) is 5.69 Å². The molecular weight excluding hydrogens is 294 g/mol. The molecule has 0 fully saturated rings. The van der Waals surface area contributed by atoms with Crippen molar-refractivity contribution in [3.8, 4) is 5.69 Å². The van der Waals surface area contributed by atoms with Gasteiger partial charge in [-0.1, -0.05) is 29.5 Å². The summed E-state index contributed by atoms with van der Waals surface area (Å²) in [5.41, 5.74) is 4.71. The van der Waals surface area contributed by atoms with Crippen LogP contribution in [0.3, 0.4) is 0 Å². The zero-order chi connectivity index (χ0) is 15.4. The fourth-order valence-electron chi connectivity index (χ4n) is 2.27. The number of rotatable bonds is 5. The Bertz CT molecular complexity index is 754. The van der Waals surface area contributed by atoms with E-state index < -0.39 is 0 Å². The van der Waals surface area contributed by atoms with Crippen LogP contribution in [0.2, 0.25) is 0 Å². The van der Waals surface area contributed by atoms with Gasteiger partial charge in [0.1, 0.15) is 0 Å². The van der Waals surface area contributed by atoms with E-state index in [0.717, 1.165) is 23.0 Å². The van der Waals surface area contributed by atoms with Crippen molar-refractivity contribution in [1.29, 1.82) is 0 Å². The van der Waals surface area contributed by atoms with Crippen molar-refractivity contribution in [1.82, 2.24) is 25.2 Å². The third kappa shape index (κ3) is 3.33. The van der Waals surface area contributed by atoms with Crippen molar-refractivity contribution in [2.75, 3.05) is 5.75 Å². The summed E-state index contributed by atoms with van der Waals surface area (Å²) in [6.45, 7) is 4.16. The molecule has 0 saturated heterocycles. The van der Waals surface area contributed by atoms with Crippen molar-refractivity contribution >= 4 is 11.8 Å². The third-order valence-electron chi connectivity index (χ3n) is 3.39. The minimum absolute atomic E-state index is 0.820. The molecule has 0 bridgehead atoms. The van der Waals surface area contributed by atoms with Gasteiger partial charge in [-0.05, 0) is 60.0 Å². The number of hydrogen-bond acceptors (Lipinski definition) is 5. The van der Waals surface area contributed by atoms with Crippen LogP contribution < -0.4 is 0 Å². The average molecular weight is 311 g/mol. The Kier molecular flexibility index (Phi) is 4.48. The summed E-state index contributed by atoms with van der Waals surface area (Å²) in [4.78, 5) is 4.03. The highest BCUT2D eigenvalue weighted by Crippen LogP contribution is 2.22. The molecule has 0 N–H and O–H groups in total. The molecule has 2 heterocycles. The SMILES string of the molecule is Cc1ccc(-n2nnnc2SCCc2ccncc2)c(C)c1. The number of aromatic nitrogens is 5. The van der Waals surface area contributed by atoms with Gasteiger partial charge in [-0.2, -0.15) is 4.68 Å². The van der Waals surface area contributed by atoms with Crippen molar-refractivity contribution in [2.24, 2.45) is 0 Å². The van der Waals surface area contributed by atoms with Gasteiger partial charge < -0.3 is 0 Å². The molecule has 3 aromatic rings. The molecule has 0 aliphatic rings. The molecule has 0 aliphatic carbocycles. The Balaban J connectivity index is 1.72. The minimum atomic E-state index is 0.820. The molecule has 22 heavy (non-hydrogen) atoms. The molecule has 3 rings (SSSR count). The maximum atomic E-state index is 4.14. The first kappa shape index (κ1) is 14.7. The van der Waals surface area contributed by atoms with Gasteiger partial charge in [0, 0.05) is 18.1 Å². The summed E-state index contributed by atoms with van der Waals surface area (Å²) in [6.07, 6.45) is 4.60. The Hall–Kier alpha value is -2.21. The summed E-state index contributed by atoms with van der Waals surface area (Å²) >= 11 is 1.66. The second-order valence-corrected chi connectivity index (χ2v) is 6.18. The van der Waals surface area contributed by atoms with E-state index in [-0.39, 0.29) is 0 Å². The fourth-order valence-corrected chi connectivity index (χ4v) is 3.14. The molecule has 0 saturated carbocycles. The van der Waals surface area contributed by atoms with E-state index in [1.807, 2.05) is 29.2 Å². The summed E-state index contributed by atoms with van der Waals surface area (Å²) in [7, 11) is 0. The van der Waals surface area contributed by atoms with Gasteiger partial charge in [0.15, 0.2) is 0 Å². The number of thioether (sulfide) groups is 1. The average Bonchev–Trinajstić information content (AvgIpc) is 2.97. The predicted octanol–water partition coefficient (Wildman–Crippen LogP) is 3.01. The fraction of sp³-hybridized carbons (Fsp3) is 0.250. The zero-order valence-corrected chi connectivity index (χ0v) is 13.4. The van der Waals surface area contributed by atoms with Crippen molar-refractivity contribution in [2.45, 2.75) is 25.4 Å². The van der Waals surface area contributed by atoms with Crippen LogP contribution in [-0.4, -0.2) is 30.9 Å². The largest absolute Gasteiger partial charge is 0.265 e. The first-order chi connectivity index (χ1) is 10.7. The van der Waals surface area contributed by atoms with Gasteiger partial charge in [0.2, 0.25) is 5.16 Å². The van der Waals surface area contributed by atoms with Gasteiger partial charge in [0.25, 0.3) is 0 Å². The van der Waals surface area contributed by atoms with Crippen molar-refractivity contribution < 1.29 is 0 Å². The van der Waals surface area contributed by atoms with E-state index >= 15 is 0 Å². The summed E-state index contributed by atoms with van der Waals surface area (Å²) < 4.78 is 1.81. The highest BCUT2D eigenvalue weighted by molar-refractivity contribution is 7.99. The molecule has 0 atom stereocenters. The number of nitrogens with zero attached hydrogens (tertiary/aromatic N) is 5. The first-order valence-electron chi connectivity index (χ1n) is 7.12. The number of aryl methyl sites for hydroxylation is 3. The maximum Gasteiger partial charge on any atom is 0.214 e. The van der Waals surface area contributed by atoms with Gasteiger partial charge >= 0.3 is 0 Å². The van der Waals surface area contributed by atoms with Gasteiger partial charge in [-0.15, -0.1) is 5.10 Å². The lowest BCUT2D eigenvalue weighted by Crippen LogP contribution is -2.02. The van der Waals surface area contributed by atoms with Crippen LogP contribution >= 0.6 is 11.8 Å². The molecule has 0 aliphatic heterocycles. The lowest BCUT2D eigenvalue weighted by atomic mass is 10.1. The Morgan fingerprint density at radius 3 is 2.68 bits per heavy atom. The van der Waals surface area contributed by atoms with E-state index in [2.05, 4.69) is 52.6 Å². The highest BCUT2D eigenvalue weighted by Gasteiger charge is 2.11. The normalized spacial score (nSPS) is 10.8. The number of hydrogen-bond donors (Lipinski definition) is 0. The second-order valence-electron chi connectivity index (χ2n) is 5.12. The molecule has 1 aromatic carbocycles. The van der Waals surface area contributed by atoms with Crippen LogP contribution in [0.15, 0.2) is 47.9 Å². The van der Waals surface area contributed by atoms with Gasteiger partial charge in [-0.3, -0.25) is 4.98 Å². The van der Waals surface area contributed by atoms with Crippen LogP contribution in [0, 0.1) is 13.8 Å². The van der Waals surface area contributed by atoms with E-state index in [9.17, 15) is 0 Å². The molecule has 0 unspecified atom stereocenters. The van der Waals surface area contributed by atoms with Crippen molar-refractivity contribution in [3.63, 3.8) is 0 Å². The Labute approximate surface area is 133 Å². The molecule has 2 aromatic heterocycles. The van der Waals surface area contributed by atoms with Crippen LogP contribution in [-0.2, 0) is 6.42 Å².